The SMILES string of the molecule is CC.CC(=O)c1ccccc1C.Cc1cccc(O)c1. The number of aryl methyl sites for hydroxylation is 2. The van der Waals surface area contributed by atoms with E-state index in [1.54, 1.807) is 19.1 Å². The van der Waals surface area contributed by atoms with Crippen LogP contribution >= 0.6 is 0 Å². The first-order valence-electron chi connectivity index (χ1n) is 6.83. The number of rotatable bonds is 1. The highest BCUT2D eigenvalue weighted by Crippen LogP contribution is 2.08. The van der Waals surface area contributed by atoms with E-state index in [1.807, 2.05) is 64.1 Å². The van der Waals surface area contributed by atoms with Crippen LogP contribution in [0, 0.1) is 13.8 Å². The van der Waals surface area contributed by atoms with E-state index in [9.17, 15) is 4.79 Å². The Bertz CT molecular complexity index is 513. The van der Waals surface area contributed by atoms with Gasteiger partial charge in [0.15, 0.2) is 5.78 Å². The molecule has 0 fully saturated rings. The third-order valence-corrected chi connectivity index (χ3v) is 2.53. The third-order valence-electron chi connectivity index (χ3n) is 2.53. The number of hydrogen-bond acceptors (Lipinski definition) is 2. The lowest BCUT2D eigenvalue weighted by molar-refractivity contribution is 0.101. The van der Waals surface area contributed by atoms with E-state index in [-0.39, 0.29) is 5.78 Å². The number of aromatic hydroxyl groups is 1. The van der Waals surface area contributed by atoms with Crippen LogP contribution in [-0.4, -0.2) is 10.9 Å². The van der Waals surface area contributed by atoms with E-state index >= 15 is 0 Å². The molecule has 0 bridgehead atoms. The number of benzene rings is 2. The number of Topliss-reactive ketones (excluding diaryl/α,β-unsaturated/α-hetero) is 1. The van der Waals surface area contributed by atoms with Crippen LogP contribution in [-0.2, 0) is 0 Å². The molecule has 0 aliphatic heterocycles. The fourth-order valence-corrected chi connectivity index (χ4v) is 1.60. The van der Waals surface area contributed by atoms with Gasteiger partial charge in [-0.25, -0.2) is 0 Å². The van der Waals surface area contributed by atoms with Gasteiger partial charge in [0.1, 0.15) is 5.75 Å². The van der Waals surface area contributed by atoms with Crippen LogP contribution in [0.3, 0.4) is 0 Å². The second-order valence-corrected chi connectivity index (χ2v) is 4.21. The second-order valence-electron chi connectivity index (χ2n) is 4.21. The molecule has 2 aromatic carbocycles. The van der Waals surface area contributed by atoms with Crippen molar-refractivity contribution >= 4 is 5.78 Å². The summed E-state index contributed by atoms with van der Waals surface area (Å²) in [7, 11) is 0. The van der Waals surface area contributed by atoms with Crippen LogP contribution < -0.4 is 0 Å². The first kappa shape index (κ1) is 17.9. The largest absolute Gasteiger partial charge is 0.508 e. The molecule has 0 atom stereocenters. The average molecular weight is 272 g/mol. The average Bonchev–Trinajstić information content (AvgIpc) is 2.41. The molecule has 0 heterocycles. The number of phenols is 1. The maximum Gasteiger partial charge on any atom is 0.160 e. The summed E-state index contributed by atoms with van der Waals surface area (Å²) in [6.07, 6.45) is 0. The van der Waals surface area contributed by atoms with Crippen molar-refractivity contribution in [3.8, 4) is 5.75 Å². The van der Waals surface area contributed by atoms with Crippen molar-refractivity contribution in [1.82, 2.24) is 0 Å². The summed E-state index contributed by atoms with van der Waals surface area (Å²) in [6.45, 7) is 9.47. The van der Waals surface area contributed by atoms with Gasteiger partial charge in [0.25, 0.3) is 0 Å². The van der Waals surface area contributed by atoms with Crippen molar-refractivity contribution < 1.29 is 9.90 Å². The molecule has 0 spiro atoms. The molecule has 0 aliphatic carbocycles. The molecular weight excluding hydrogens is 248 g/mol. The van der Waals surface area contributed by atoms with Gasteiger partial charge in [-0.05, 0) is 44.0 Å². The first-order valence-corrected chi connectivity index (χ1v) is 6.83. The molecule has 0 aliphatic rings. The molecule has 2 nitrogen and oxygen atoms in total. The lowest BCUT2D eigenvalue weighted by Crippen LogP contribution is -1.93. The van der Waals surface area contributed by atoms with Gasteiger partial charge in [-0.3, -0.25) is 4.79 Å². The van der Waals surface area contributed by atoms with E-state index in [1.165, 1.54) is 0 Å². The third kappa shape index (κ3) is 6.74. The maximum absolute atomic E-state index is 10.9. The molecule has 0 radical (unpaired) electrons. The number of hydrogen-bond donors (Lipinski definition) is 1. The topological polar surface area (TPSA) is 37.3 Å². The monoisotopic (exact) mass is 272 g/mol. The van der Waals surface area contributed by atoms with Gasteiger partial charge in [-0.2, -0.15) is 0 Å². The van der Waals surface area contributed by atoms with Gasteiger partial charge >= 0.3 is 0 Å². The summed E-state index contributed by atoms with van der Waals surface area (Å²) in [5, 5.41) is 8.81. The van der Waals surface area contributed by atoms with E-state index in [4.69, 9.17) is 5.11 Å². The molecule has 0 amide bonds. The number of carbonyl (C=O) groups is 1. The van der Waals surface area contributed by atoms with Crippen LogP contribution in [0.4, 0.5) is 0 Å². The minimum Gasteiger partial charge on any atom is -0.508 e. The van der Waals surface area contributed by atoms with Crippen LogP contribution in [0.5, 0.6) is 5.75 Å². The highest BCUT2D eigenvalue weighted by atomic mass is 16.3. The van der Waals surface area contributed by atoms with Crippen LogP contribution in [0.1, 0.15) is 42.3 Å². The smallest absolute Gasteiger partial charge is 0.160 e. The van der Waals surface area contributed by atoms with Crippen molar-refractivity contribution in [2.75, 3.05) is 0 Å². The highest BCUT2D eigenvalue weighted by Gasteiger charge is 1.99. The van der Waals surface area contributed by atoms with Crippen LogP contribution in [0.25, 0.3) is 0 Å². The molecule has 0 unspecified atom stereocenters. The Labute approximate surface area is 122 Å². The Kier molecular flexibility index (Phi) is 8.77. The zero-order valence-corrected chi connectivity index (χ0v) is 13.0. The van der Waals surface area contributed by atoms with Gasteiger partial charge < -0.3 is 5.11 Å². The molecule has 2 rings (SSSR count). The van der Waals surface area contributed by atoms with Gasteiger partial charge in [0, 0.05) is 5.56 Å². The van der Waals surface area contributed by atoms with Crippen molar-refractivity contribution in [3.05, 3.63) is 65.2 Å². The molecule has 20 heavy (non-hydrogen) atoms. The summed E-state index contributed by atoms with van der Waals surface area (Å²) >= 11 is 0. The van der Waals surface area contributed by atoms with Gasteiger partial charge in [-0.15, -0.1) is 0 Å². The minimum absolute atomic E-state index is 0.137. The van der Waals surface area contributed by atoms with E-state index in [0.29, 0.717) is 5.75 Å². The molecule has 108 valence electrons. The zero-order valence-electron chi connectivity index (χ0n) is 13.0. The molecule has 0 saturated carbocycles. The van der Waals surface area contributed by atoms with E-state index in [2.05, 4.69) is 0 Å². The van der Waals surface area contributed by atoms with Crippen molar-refractivity contribution in [1.29, 1.82) is 0 Å². The predicted octanol–water partition coefficient (Wildman–Crippen LogP) is 4.92. The van der Waals surface area contributed by atoms with Gasteiger partial charge in [-0.1, -0.05) is 50.2 Å². The van der Waals surface area contributed by atoms with Gasteiger partial charge in [0.2, 0.25) is 0 Å². The first-order chi connectivity index (χ1) is 9.50. The Morgan fingerprint density at radius 2 is 1.55 bits per heavy atom. The number of carbonyl (C=O) groups excluding carboxylic acids is 1. The maximum atomic E-state index is 10.9. The summed E-state index contributed by atoms with van der Waals surface area (Å²) in [4.78, 5) is 10.9. The molecule has 2 heteroatoms. The predicted molar refractivity (Wildman–Crippen MR) is 85.4 cm³/mol. The second kappa shape index (κ2) is 9.79. The minimum atomic E-state index is 0.137. The molecule has 2 aromatic rings. The fourth-order valence-electron chi connectivity index (χ4n) is 1.60. The van der Waals surface area contributed by atoms with Crippen molar-refractivity contribution in [3.63, 3.8) is 0 Å². The molecular formula is C18H24O2. The summed E-state index contributed by atoms with van der Waals surface area (Å²) < 4.78 is 0. The quantitative estimate of drug-likeness (QED) is 0.748. The fraction of sp³-hybridized carbons (Fsp3) is 0.278. The van der Waals surface area contributed by atoms with Crippen LogP contribution in [0.2, 0.25) is 0 Å². The van der Waals surface area contributed by atoms with Crippen molar-refractivity contribution in [2.24, 2.45) is 0 Å². The Morgan fingerprint density at radius 1 is 0.950 bits per heavy atom. The highest BCUT2D eigenvalue weighted by molar-refractivity contribution is 5.95. The number of phenolic OH excluding ortho intramolecular Hbond substituents is 1. The Hall–Kier alpha value is -2.09. The number of ketones is 1. The Balaban J connectivity index is 0.000000327. The van der Waals surface area contributed by atoms with E-state index < -0.39 is 0 Å². The molecule has 0 aromatic heterocycles. The normalized spacial score (nSPS) is 8.65. The van der Waals surface area contributed by atoms with Gasteiger partial charge in [0.05, 0.1) is 0 Å². The van der Waals surface area contributed by atoms with Crippen LogP contribution in [0.15, 0.2) is 48.5 Å². The standard InChI is InChI=1S/C9H10O.C7H8O.C2H6/c1-7-5-3-4-6-9(7)8(2)10;1-6-3-2-4-7(8)5-6;1-2/h3-6H,1-2H3;2-5,8H,1H3;1-2H3. The lowest BCUT2D eigenvalue weighted by atomic mass is 10.1. The lowest BCUT2D eigenvalue weighted by Gasteiger charge is -1.97. The molecule has 0 saturated heterocycles. The zero-order chi connectivity index (χ0) is 15.5. The van der Waals surface area contributed by atoms with E-state index in [0.717, 1.165) is 16.7 Å². The summed E-state index contributed by atoms with van der Waals surface area (Å²) in [5.41, 5.74) is 2.96. The Morgan fingerprint density at radius 3 is 1.90 bits per heavy atom. The summed E-state index contributed by atoms with van der Waals surface area (Å²) in [5.74, 6) is 0.475. The summed E-state index contributed by atoms with van der Waals surface area (Å²) in [6, 6.07) is 14.7. The van der Waals surface area contributed by atoms with Crippen molar-refractivity contribution in [2.45, 2.75) is 34.6 Å². The molecule has 1 N–H and O–H groups in total.